The van der Waals surface area contributed by atoms with Crippen molar-refractivity contribution in [1.29, 1.82) is 0 Å². The van der Waals surface area contributed by atoms with Crippen LogP contribution in [0.25, 0.3) is 17.0 Å². The second-order valence-electron chi connectivity index (χ2n) is 5.02. The number of hydrogen-bond donors (Lipinski definition) is 2. The van der Waals surface area contributed by atoms with E-state index in [1.54, 1.807) is 6.08 Å². The molecule has 0 bridgehead atoms. The van der Waals surface area contributed by atoms with Crippen LogP contribution in [0.15, 0.2) is 42.5 Å². The van der Waals surface area contributed by atoms with Crippen LogP contribution in [-0.2, 0) is 4.79 Å². The number of pyridine rings is 1. The van der Waals surface area contributed by atoms with Crippen LogP contribution in [0.2, 0.25) is 0 Å². The molecule has 2 aromatic rings. The average Bonchev–Trinajstić information content (AvgIpc) is 2.54. The first-order chi connectivity index (χ1) is 10.6. The van der Waals surface area contributed by atoms with Crippen LogP contribution >= 0.6 is 11.8 Å². The van der Waals surface area contributed by atoms with Crippen molar-refractivity contribution >= 4 is 34.6 Å². The van der Waals surface area contributed by atoms with Gasteiger partial charge in [0.15, 0.2) is 0 Å². The third-order valence-corrected chi connectivity index (χ3v) is 4.60. The number of nitrogens with zero attached hydrogens (tertiary/aromatic N) is 1. The molecule has 116 valence electrons. The van der Waals surface area contributed by atoms with Gasteiger partial charge in [-0.15, -0.1) is 0 Å². The molecule has 1 aromatic carbocycles. The summed E-state index contributed by atoms with van der Waals surface area (Å²) >= 11 is 1.53. The molecule has 0 aliphatic carbocycles. The highest BCUT2D eigenvalue weighted by Crippen LogP contribution is 2.13. The topological polar surface area (TPSA) is 62.2 Å². The molecule has 0 saturated carbocycles. The Morgan fingerprint density at radius 1 is 1.36 bits per heavy atom. The lowest BCUT2D eigenvalue weighted by Gasteiger charge is -2.20. The van der Waals surface area contributed by atoms with Gasteiger partial charge in [0.05, 0.1) is 17.8 Å². The fourth-order valence-corrected chi connectivity index (χ4v) is 2.76. The highest BCUT2D eigenvalue weighted by Gasteiger charge is 2.16. The molecule has 4 nitrogen and oxygen atoms in total. The van der Waals surface area contributed by atoms with E-state index in [9.17, 15) is 9.90 Å². The van der Waals surface area contributed by atoms with Crippen molar-refractivity contribution in [1.82, 2.24) is 10.3 Å². The zero-order valence-corrected chi connectivity index (χ0v) is 13.5. The second kappa shape index (κ2) is 7.96. The zero-order chi connectivity index (χ0) is 15.9. The standard InChI is InChI=1S/C17H20N2O2S/c1-12(16(11-20)22-2)18-17(21)10-9-14-8-7-13-5-3-4-6-15(13)19-14/h3-10,12,16,20H,11H2,1-2H3,(H,18,21). The molecule has 0 fully saturated rings. The van der Waals surface area contributed by atoms with E-state index in [0.29, 0.717) is 0 Å². The first-order valence-corrected chi connectivity index (χ1v) is 8.41. The third kappa shape index (κ3) is 4.32. The maximum atomic E-state index is 11.9. The van der Waals surface area contributed by atoms with E-state index in [0.717, 1.165) is 16.6 Å². The minimum Gasteiger partial charge on any atom is -0.395 e. The van der Waals surface area contributed by atoms with Gasteiger partial charge in [-0.05, 0) is 31.4 Å². The summed E-state index contributed by atoms with van der Waals surface area (Å²) in [7, 11) is 0. The number of aliphatic hydroxyl groups is 1. The van der Waals surface area contributed by atoms with E-state index >= 15 is 0 Å². The van der Waals surface area contributed by atoms with E-state index < -0.39 is 0 Å². The van der Waals surface area contributed by atoms with Gasteiger partial charge in [0.1, 0.15) is 0 Å². The summed E-state index contributed by atoms with van der Waals surface area (Å²) in [5, 5.41) is 13.1. The summed E-state index contributed by atoms with van der Waals surface area (Å²) < 4.78 is 0. The van der Waals surface area contributed by atoms with Gasteiger partial charge >= 0.3 is 0 Å². The smallest absolute Gasteiger partial charge is 0.244 e. The predicted molar refractivity (Wildman–Crippen MR) is 92.8 cm³/mol. The molecule has 2 rings (SSSR count). The van der Waals surface area contributed by atoms with Gasteiger partial charge in [-0.2, -0.15) is 11.8 Å². The van der Waals surface area contributed by atoms with Crippen LogP contribution in [0.3, 0.4) is 0 Å². The molecule has 5 heteroatoms. The lowest BCUT2D eigenvalue weighted by atomic mass is 10.2. The molecule has 1 aromatic heterocycles. The zero-order valence-electron chi connectivity index (χ0n) is 12.7. The van der Waals surface area contributed by atoms with E-state index in [2.05, 4.69) is 10.3 Å². The SMILES string of the molecule is CSC(CO)C(C)NC(=O)C=Cc1ccc2ccccc2n1. The van der Waals surface area contributed by atoms with Crippen molar-refractivity contribution in [2.75, 3.05) is 12.9 Å². The number of para-hydroxylation sites is 1. The highest BCUT2D eigenvalue weighted by molar-refractivity contribution is 7.99. The van der Waals surface area contributed by atoms with Crippen molar-refractivity contribution in [2.45, 2.75) is 18.2 Å². The number of nitrogens with one attached hydrogen (secondary N) is 1. The van der Waals surface area contributed by atoms with E-state index in [-0.39, 0.29) is 23.8 Å². The van der Waals surface area contributed by atoms with E-state index in [4.69, 9.17) is 0 Å². The summed E-state index contributed by atoms with van der Waals surface area (Å²) in [6, 6.07) is 11.6. The summed E-state index contributed by atoms with van der Waals surface area (Å²) in [5.74, 6) is -0.185. The Kier molecular flexibility index (Phi) is 5.98. The van der Waals surface area contributed by atoms with Gasteiger partial charge in [0.25, 0.3) is 0 Å². The van der Waals surface area contributed by atoms with Crippen molar-refractivity contribution in [2.24, 2.45) is 0 Å². The Morgan fingerprint density at radius 2 is 2.14 bits per heavy atom. The maximum Gasteiger partial charge on any atom is 0.244 e. The first kappa shape index (κ1) is 16.5. The van der Waals surface area contributed by atoms with Crippen LogP contribution in [0.4, 0.5) is 0 Å². The van der Waals surface area contributed by atoms with Crippen LogP contribution in [0, 0.1) is 0 Å². The number of hydrogen-bond acceptors (Lipinski definition) is 4. The fourth-order valence-electron chi connectivity index (χ4n) is 2.14. The van der Waals surface area contributed by atoms with Crippen molar-refractivity contribution in [3.63, 3.8) is 0 Å². The Bertz CT molecular complexity index is 669. The van der Waals surface area contributed by atoms with Crippen LogP contribution in [0.5, 0.6) is 0 Å². The largest absolute Gasteiger partial charge is 0.395 e. The molecule has 0 spiro atoms. The van der Waals surface area contributed by atoms with Crippen molar-refractivity contribution in [3.05, 3.63) is 48.2 Å². The van der Waals surface area contributed by atoms with Crippen LogP contribution < -0.4 is 5.32 Å². The summed E-state index contributed by atoms with van der Waals surface area (Å²) in [6.07, 6.45) is 5.09. The number of aliphatic hydroxyl groups excluding tert-OH is 1. The van der Waals surface area contributed by atoms with Gasteiger partial charge in [-0.3, -0.25) is 4.79 Å². The van der Waals surface area contributed by atoms with Crippen LogP contribution in [-0.4, -0.2) is 40.2 Å². The maximum absolute atomic E-state index is 11.9. The summed E-state index contributed by atoms with van der Waals surface area (Å²) in [6.45, 7) is 1.93. The van der Waals surface area contributed by atoms with Crippen LogP contribution in [0.1, 0.15) is 12.6 Å². The van der Waals surface area contributed by atoms with E-state index in [1.807, 2.05) is 49.6 Å². The molecular formula is C17H20N2O2S. The van der Waals surface area contributed by atoms with Crippen molar-refractivity contribution < 1.29 is 9.90 Å². The molecule has 2 unspecified atom stereocenters. The van der Waals surface area contributed by atoms with Gasteiger partial charge in [-0.25, -0.2) is 4.98 Å². The molecule has 22 heavy (non-hydrogen) atoms. The normalized spacial score (nSPS) is 14.1. The average molecular weight is 316 g/mol. The third-order valence-electron chi connectivity index (χ3n) is 3.44. The number of benzene rings is 1. The Morgan fingerprint density at radius 3 is 2.86 bits per heavy atom. The number of thioether (sulfide) groups is 1. The molecule has 0 aliphatic heterocycles. The number of carbonyl (C=O) groups excluding carboxylic acids is 1. The Balaban J connectivity index is 2.02. The van der Waals surface area contributed by atoms with Gasteiger partial charge in [-0.1, -0.05) is 24.3 Å². The number of amides is 1. The van der Waals surface area contributed by atoms with Gasteiger partial charge in [0.2, 0.25) is 5.91 Å². The molecule has 1 heterocycles. The van der Waals surface area contributed by atoms with Gasteiger partial charge in [0, 0.05) is 22.8 Å². The second-order valence-corrected chi connectivity index (χ2v) is 6.09. The monoisotopic (exact) mass is 316 g/mol. The molecule has 1 amide bonds. The number of fused-ring (bicyclic) bond motifs is 1. The number of aromatic nitrogens is 1. The fraction of sp³-hybridized carbons (Fsp3) is 0.294. The minimum atomic E-state index is -0.185. The summed E-state index contributed by atoms with van der Waals surface area (Å²) in [4.78, 5) is 16.4. The van der Waals surface area contributed by atoms with E-state index in [1.165, 1.54) is 17.8 Å². The lowest BCUT2D eigenvalue weighted by molar-refractivity contribution is -0.117. The molecule has 0 aliphatic rings. The van der Waals surface area contributed by atoms with Crippen molar-refractivity contribution in [3.8, 4) is 0 Å². The molecule has 0 radical (unpaired) electrons. The molecule has 2 atom stereocenters. The molecule has 0 saturated heterocycles. The minimum absolute atomic E-state index is 0.00357. The molecular weight excluding hydrogens is 296 g/mol. The lowest BCUT2D eigenvalue weighted by Crippen LogP contribution is -2.40. The first-order valence-electron chi connectivity index (χ1n) is 7.12. The predicted octanol–water partition coefficient (Wildman–Crippen LogP) is 2.48. The summed E-state index contributed by atoms with van der Waals surface area (Å²) in [5.41, 5.74) is 1.64. The quantitative estimate of drug-likeness (QED) is 0.804. The Hall–Kier alpha value is -1.85. The molecule has 2 N–H and O–H groups in total. The van der Waals surface area contributed by atoms with Gasteiger partial charge < -0.3 is 10.4 Å². The highest BCUT2D eigenvalue weighted by atomic mass is 32.2. The number of rotatable bonds is 6. The Labute approximate surface area is 134 Å². The number of carbonyl (C=O) groups is 1.